The SMILES string of the molecule is O=C(C=Cc1cccc([N+](=O)[O-])c1)Nc1c(S(=O)(=O)c2ccccc2)c2nc3ccccc3nc2n1CCc1ccccc1. The van der Waals surface area contributed by atoms with E-state index in [4.69, 9.17) is 9.97 Å². The number of fused-ring (bicyclic) bond motifs is 2. The van der Waals surface area contributed by atoms with Crippen molar-refractivity contribution in [1.29, 1.82) is 0 Å². The lowest BCUT2D eigenvalue weighted by Gasteiger charge is -2.13. The first-order valence-electron chi connectivity index (χ1n) is 13.7. The molecule has 0 aliphatic carbocycles. The number of aryl methyl sites for hydroxylation is 2. The van der Waals surface area contributed by atoms with Crippen LogP contribution in [0.15, 0.2) is 125 Å². The lowest BCUT2D eigenvalue weighted by Crippen LogP contribution is -2.16. The monoisotopic (exact) mass is 603 g/mol. The van der Waals surface area contributed by atoms with Crippen LogP contribution in [0.3, 0.4) is 0 Å². The maximum absolute atomic E-state index is 14.2. The Morgan fingerprint density at radius 3 is 2.23 bits per heavy atom. The number of anilines is 1. The molecule has 6 aromatic rings. The molecule has 0 saturated heterocycles. The summed E-state index contributed by atoms with van der Waals surface area (Å²) in [6.45, 7) is 0.294. The number of hydrogen-bond donors (Lipinski definition) is 1. The fraction of sp³-hybridized carbons (Fsp3) is 0.0606. The van der Waals surface area contributed by atoms with Gasteiger partial charge in [-0.3, -0.25) is 14.9 Å². The predicted octanol–water partition coefficient (Wildman–Crippen LogP) is 6.22. The summed E-state index contributed by atoms with van der Waals surface area (Å²) in [6.07, 6.45) is 3.15. The number of carbonyl (C=O) groups excluding carboxylic acids is 1. The number of nitro benzene ring substituents is 1. The van der Waals surface area contributed by atoms with E-state index in [2.05, 4.69) is 5.32 Å². The first-order valence-corrected chi connectivity index (χ1v) is 15.2. The first kappa shape index (κ1) is 28.4. The van der Waals surface area contributed by atoms with Crippen LogP contribution >= 0.6 is 0 Å². The lowest BCUT2D eigenvalue weighted by atomic mass is 10.1. The highest BCUT2D eigenvalue weighted by Gasteiger charge is 2.32. The van der Waals surface area contributed by atoms with Crippen molar-refractivity contribution in [3.05, 3.63) is 137 Å². The smallest absolute Gasteiger partial charge is 0.270 e. The summed E-state index contributed by atoms with van der Waals surface area (Å²) >= 11 is 0. The van der Waals surface area contributed by atoms with Gasteiger partial charge in [-0.15, -0.1) is 0 Å². The lowest BCUT2D eigenvalue weighted by molar-refractivity contribution is -0.384. The molecule has 0 spiro atoms. The number of para-hydroxylation sites is 2. The molecular formula is C33H25N5O5S. The number of aromatic nitrogens is 3. The molecule has 10 nitrogen and oxygen atoms in total. The van der Waals surface area contributed by atoms with Crippen LogP contribution in [0.4, 0.5) is 11.5 Å². The van der Waals surface area contributed by atoms with Gasteiger partial charge in [0.05, 0.1) is 20.9 Å². The highest BCUT2D eigenvalue weighted by molar-refractivity contribution is 7.92. The molecule has 2 aromatic heterocycles. The van der Waals surface area contributed by atoms with Gasteiger partial charge in [-0.05, 0) is 47.9 Å². The molecule has 0 atom stereocenters. The average Bonchev–Trinajstić information content (AvgIpc) is 3.34. The van der Waals surface area contributed by atoms with Gasteiger partial charge in [0, 0.05) is 24.8 Å². The summed E-state index contributed by atoms with van der Waals surface area (Å²) in [5.74, 6) is -0.599. The average molecular weight is 604 g/mol. The minimum absolute atomic E-state index is 0.0313. The fourth-order valence-corrected chi connectivity index (χ4v) is 6.50. The highest BCUT2D eigenvalue weighted by Crippen LogP contribution is 2.37. The quantitative estimate of drug-likeness (QED) is 0.118. The first-order chi connectivity index (χ1) is 21.3. The van der Waals surface area contributed by atoms with Crippen molar-refractivity contribution in [3.63, 3.8) is 0 Å². The zero-order valence-corrected chi connectivity index (χ0v) is 24.0. The van der Waals surface area contributed by atoms with E-state index < -0.39 is 20.7 Å². The van der Waals surface area contributed by atoms with E-state index in [0.717, 1.165) is 5.56 Å². The van der Waals surface area contributed by atoms with E-state index in [0.29, 0.717) is 35.2 Å². The molecule has 0 aliphatic rings. The molecule has 1 amide bonds. The van der Waals surface area contributed by atoms with E-state index in [1.165, 1.54) is 42.5 Å². The van der Waals surface area contributed by atoms with Crippen molar-refractivity contribution in [2.45, 2.75) is 22.8 Å². The van der Waals surface area contributed by atoms with Crippen LogP contribution in [-0.4, -0.2) is 33.8 Å². The summed E-state index contributed by atoms with van der Waals surface area (Å²) in [4.78, 5) is 33.5. The van der Waals surface area contributed by atoms with Crippen molar-refractivity contribution in [3.8, 4) is 0 Å². The molecule has 1 N–H and O–H groups in total. The molecule has 0 radical (unpaired) electrons. The molecule has 44 heavy (non-hydrogen) atoms. The predicted molar refractivity (Wildman–Crippen MR) is 168 cm³/mol. The minimum atomic E-state index is -4.19. The van der Waals surface area contributed by atoms with Gasteiger partial charge in [0.1, 0.15) is 16.2 Å². The van der Waals surface area contributed by atoms with Crippen molar-refractivity contribution in [1.82, 2.24) is 14.5 Å². The zero-order valence-electron chi connectivity index (χ0n) is 23.2. The Labute approximate surface area is 252 Å². The number of nitro groups is 1. The number of nitrogens with zero attached hydrogens (tertiary/aromatic N) is 4. The molecule has 0 aliphatic heterocycles. The Hall–Kier alpha value is -5.68. The summed E-state index contributed by atoms with van der Waals surface area (Å²) in [5, 5.41) is 14.0. The van der Waals surface area contributed by atoms with Gasteiger partial charge in [-0.1, -0.05) is 72.8 Å². The molecule has 11 heteroatoms. The second-order valence-electron chi connectivity index (χ2n) is 9.94. The number of rotatable bonds is 9. The Balaban J connectivity index is 1.52. The van der Waals surface area contributed by atoms with E-state index >= 15 is 0 Å². The fourth-order valence-electron chi connectivity index (χ4n) is 4.94. The molecule has 0 fully saturated rings. The Bertz CT molecular complexity index is 2160. The van der Waals surface area contributed by atoms with Gasteiger partial charge in [0.15, 0.2) is 5.65 Å². The van der Waals surface area contributed by atoms with Gasteiger partial charge in [-0.2, -0.15) is 0 Å². The number of sulfone groups is 1. The van der Waals surface area contributed by atoms with Crippen molar-refractivity contribution >= 4 is 55.5 Å². The van der Waals surface area contributed by atoms with Gasteiger partial charge >= 0.3 is 0 Å². The second kappa shape index (κ2) is 11.9. The van der Waals surface area contributed by atoms with Crippen LogP contribution in [0.5, 0.6) is 0 Å². The van der Waals surface area contributed by atoms with Crippen molar-refractivity contribution in [2.24, 2.45) is 0 Å². The normalized spacial score (nSPS) is 11.7. The van der Waals surface area contributed by atoms with Crippen LogP contribution in [0.1, 0.15) is 11.1 Å². The Morgan fingerprint density at radius 1 is 0.864 bits per heavy atom. The van der Waals surface area contributed by atoms with Crippen molar-refractivity contribution < 1.29 is 18.1 Å². The number of amides is 1. The summed E-state index contributed by atoms with van der Waals surface area (Å²) in [7, 11) is -4.19. The molecule has 0 saturated carbocycles. The summed E-state index contributed by atoms with van der Waals surface area (Å²) in [5.41, 5.74) is 2.86. The van der Waals surface area contributed by atoms with Crippen LogP contribution in [0, 0.1) is 10.1 Å². The third-order valence-corrected chi connectivity index (χ3v) is 8.86. The minimum Gasteiger partial charge on any atom is -0.309 e. The molecule has 0 unspecified atom stereocenters. The maximum Gasteiger partial charge on any atom is 0.270 e. The van der Waals surface area contributed by atoms with E-state index in [-0.39, 0.29) is 26.8 Å². The van der Waals surface area contributed by atoms with Crippen LogP contribution < -0.4 is 5.32 Å². The Morgan fingerprint density at radius 2 is 1.52 bits per heavy atom. The molecule has 6 rings (SSSR count). The second-order valence-corrected chi connectivity index (χ2v) is 11.8. The van der Waals surface area contributed by atoms with E-state index in [9.17, 15) is 23.3 Å². The van der Waals surface area contributed by atoms with Crippen molar-refractivity contribution in [2.75, 3.05) is 5.32 Å². The third-order valence-electron chi connectivity index (χ3n) is 7.05. The van der Waals surface area contributed by atoms with Crippen LogP contribution in [-0.2, 0) is 27.6 Å². The number of hydrogen-bond acceptors (Lipinski definition) is 7. The molecule has 4 aromatic carbocycles. The highest BCUT2D eigenvalue weighted by atomic mass is 32.2. The van der Waals surface area contributed by atoms with Crippen LogP contribution in [0.2, 0.25) is 0 Å². The van der Waals surface area contributed by atoms with Crippen LogP contribution in [0.25, 0.3) is 28.3 Å². The topological polar surface area (TPSA) is 137 Å². The Kier molecular flexibility index (Phi) is 7.69. The number of carbonyl (C=O) groups is 1. The third kappa shape index (κ3) is 5.68. The number of nitrogens with one attached hydrogen (secondary N) is 1. The summed E-state index contributed by atoms with van der Waals surface area (Å²) < 4.78 is 30.2. The zero-order chi connectivity index (χ0) is 30.7. The largest absolute Gasteiger partial charge is 0.309 e. The number of benzene rings is 4. The summed E-state index contributed by atoms with van der Waals surface area (Å²) in [6, 6.07) is 30.6. The standard InChI is InChI=1S/C33H25N5O5S/c39-29(19-18-24-12-9-13-25(22-24)38(40)41)36-33-31(44(42,43)26-14-5-2-6-15-26)30-32(35-28-17-8-7-16-27(28)34-30)37(33)21-20-23-10-3-1-4-11-23/h1-19,22H,20-21H2,(H,36,39). The van der Waals surface area contributed by atoms with Gasteiger partial charge in [0.25, 0.3) is 5.69 Å². The van der Waals surface area contributed by atoms with Gasteiger partial charge < -0.3 is 9.88 Å². The van der Waals surface area contributed by atoms with Gasteiger partial charge in [0.2, 0.25) is 15.7 Å². The molecular weight excluding hydrogens is 578 g/mol. The van der Waals surface area contributed by atoms with E-state index in [1.807, 2.05) is 36.4 Å². The molecule has 218 valence electrons. The molecule has 0 bridgehead atoms. The van der Waals surface area contributed by atoms with E-state index in [1.54, 1.807) is 47.0 Å². The number of non-ortho nitro benzene ring substituents is 1. The molecule has 2 heterocycles. The maximum atomic E-state index is 14.2. The van der Waals surface area contributed by atoms with Gasteiger partial charge in [-0.25, -0.2) is 18.4 Å².